The molecule has 0 spiro atoms. The summed E-state index contributed by atoms with van der Waals surface area (Å²) < 4.78 is 17.2. The van der Waals surface area contributed by atoms with Crippen LogP contribution in [0.25, 0.3) is 22.3 Å². The lowest BCUT2D eigenvalue weighted by molar-refractivity contribution is -0.232. The van der Waals surface area contributed by atoms with Gasteiger partial charge in [-0.3, -0.25) is 4.79 Å². The van der Waals surface area contributed by atoms with Crippen molar-refractivity contribution in [3.63, 3.8) is 0 Å². The maximum Gasteiger partial charge on any atom is 0.197 e. The minimum atomic E-state index is -1.98. The molecule has 2 saturated heterocycles. The van der Waals surface area contributed by atoms with E-state index < -0.39 is 107 Å². The molecule has 222 valence electrons. The van der Waals surface area contributed by atoms with E-state index in [2.05, 4.69) is 0 Å². The summed E-state index contributed by atoms with van der Waals surface area (Å²) >= 11 is 0. The number of phenols is 3. The molecule has 0 saturated carbocycles. The highest BCUT2D eigenvalue weighted by atomic mass is 16.5. The standard InChI is InChI=1S/C27H30O14/c1-8-17(31)21(35)23(37)27(39-8)16-20(34)15(26-24(38)22(36)18(32)13(7-28)41-26)19(33)14-11(30)6-12(40-25(14)16)9-2-4-10(29)5-3-9/h2-6,8,13,17-18,21-24,26-29,31-38H,7H2,1H3/t8-,13+,17-,18+,21+,22-,23+,24+,26-,27+/m0/s1. The van der Waals surface area contributed by atoms with E-state index in [4.69, 9.17) is 13.9 Å². The average Bonchev–Trinajstić information content (AvgIpc) is 2.94. The Labute approximate surface area is 231 Å². The van der Waals surface area contributed by atoms with E-state index in [-0.39, 0.29) is 11.5 Å². The maximum absolute atomic E-state index is 13.4. The molecule has 0 amide bonds. The van der Waals surface area contributed by atoms with Crippen LogP contribution in [0.5, 0.6) is 17.2 Å². The summed E-state index contributed by atoms with van der Waals surface area (Å²) in [6, 6.07) is 6.51. The molecule has 0 unspecified atom stereocenters. The zero-order chi connectivity index (χ0) is 29.9. The number of fused-ring (bicyclic) bond motifs is 1. The molecule has 41 heavy (non-hydrogen) atoms. The van der Waals surface area contributed by atoms with Crippen LogP contribution in [0.1, 0.15) is 30.3 Å². The van der Waals surface area contributed by atoms with E-state index in [0.29, 0.717) is 5.56 Å². The molecule has 0 radical (unpaired) electrons. The van der Waals surface area contributed by atoms with Gasteiger partial charge < -0.3 is 65.0 Å². The summed E-state index contributed by atoms with van der Waals surface area (Å²) in [4.78, 5) is 13.4. The Morgan fingerprint density at radius 1 is 0.732 bits per heavy atom. The van der Waals surface area contributed by atoms with E-state index in [9.17, 15) is 55.9 Å². The number of aliphatic hydroxyl groups excluding tert-OH is 7. The smallest absolute Gasteiger partial charge is 0.197 e. The second kappa shape index (κ2) is 10.8. The fourth-order valence-corrected chi connectivity index (χ4v) is 5.34. The molecule has 1 aromatic heterocycles. The first-order valence-electron chi connectivity index (χ1n) is 12.7. The van der Waals surface area contributed by atoms with Crippen LogP contribution in [0, 0.1) is 0 Å². The maximum atomic E-state index is 13.4. The van der Waals surface area contributed by atoms with Crippen LogP contribution in [-0.2, 0) is 9.47 Å². The second-order valence-electron chi connectivity index (χ2n) is 10.2. The summed E-state index contributed by atoms with van der Waals surface area (Å²) in [5.74, 6) is -2.01. The lowest BCUT2D eigenvalue weighted by Gasteiger charge is -2.42. The molecule has 2 aromatic carbocycles. The van der Waals surface area contributed by atoms with Gasteiger partial charge in [0.1, 0.15) is 83.3 Å². The van der Waals surface area contributed by atoms with Crippen LogP contribution < -0.4 is 5.43 Å². The van der Waals surface area contributed by atoms with Gasteiger partial charge in [-0.1, -0.05) is 0 Å². The molecule has 3 aromatic rings. The van der Waals surface area contributed by atoms with Gasteiger partial charge >= 0.3 is 0 Å². The fraction of sp³-hybridized carbons (Fsp3) is 0.444. The van der Waals surface area contributed by atoms with Gasteiger partial charge in [0.25, 0.3) is 0 Å². The van der Waals surface area contributed by atoms with Gasteiger partial charge in [0.05, 0.1) is 23.8 Å². The van der Waals surface area contributed by atoms with Gasteiger partial charge in [0.15, 0.2) is 11.0 Å². The fourth-order valence-electron chi connectivity index (χ4n) is 5.34. The van der Waals surface area contributed by atoms with Gasteiger partial charge in [-0.15, -0.1) is 0 Å². The summed E-state index contributed by atoms with van der Waals surface area (Å²) in [5, 5.41) is 104. The molecule has 0 bridgehead atoms. The Kier molecular flexibility index (Phi) is 7.71. The number of aliphatic hydroxyl groups is 7. The highest BCUT2D eigenvalue weighted by Crippen LogP contribution is 2.50. The first-order chi connectivity index (χ1) is 19.4. The minimum Gasteiger partial charge on any atom is -0.508 e. The number of aromatic hydroxyl groups is 3. The molecule has 10 N–H and O–H groups in total. The number of ether oxygens (including phenoxy) is 2. The van der Waals surface area contributed by atoms with Crippen molar-refractivity contribution in [1.29, 1.82) is 0 Å². The van der Waals surface area contributed by atoms with Crippen molar-refractivity contribution in [2.24, 2.45) is 0 Å². The zero-order valence-corrected chi connectivity index (χ0v) is 21.5. The topological polar surface area (TPSA) is 251 Å². The van der Waals surface area contributed by atoms with Crippen molar-refractivity contribution < 1.29 is 65.0 Å². The Hall–Kier alpha value is -3.31. The number of rotatable bonds is 4. The second-order valence-corrected chi connectivity index (χ2v) is 10.2. The molecule has 10 atom stereocenters. The Morgan fingerprint density at radius 2 is 1.32 bits per heavy atom. The first kappa shape index (κ1) is 29.2. The van der Waals surface area contributed by atoms with Crippen molar-refractivity contribution in [3.8, 4) is 28.6 Å². The summed E-state index contributed by atoms with van der Waals surface area (Å²) in [7, 11) is 0. The normalized spacial score (nSPS) is 34.1. The molecular formula is C27H30O14. The number of benzene rings is 2. The van der Waals surface area contributed by atoms with Gasteiger partial charge in [0.2, 0.25) is 0 Å². The van der Waals surface area contributed by atoms with Gasteiger partial charge in [-0.2, -0.15) is 0 Å². The Balaban J connectivity index is 1.81. The number of hydrogen-bond donors (Lipinski definition) is 10. The van der Waals surface area contributed by atoms with Crippen LogP contribution in [0.4, 0.5) is 0 Å². The number of hydrogen-bond acceptors (Lipinski definition) is 14. The van der Waals surface area contributed by atoms with Crippen LogP contribution in [0.3, 0.4) is 0 Å². The highest BCUT2D eigenvalue weighted by Gasteiger charge is 2.49. The van der Waals surface area contributed by atoms with Crippen molar-refractivity contribution in [2.45, 2.75) is 68.0 Å². The van der Waals surface area contributed by atoms with Gasteiger partial charge in [0, 0.05) is 11.6 Å². The van der Waals surface area contributed by atoms with E-state index in [0.717, 1.165) is 6.07 Å². The molecule has 14 heteroatoms. The molecule has 0 aliphatic carbocycles. The molecule has 5 rings (SSSR count). The van der Waals surface area contributed by atoms with Crippen LogP contribution in [0.15, 0.2) is 39.5 Å². The van der Waals surface area contributed by atoms with Crippen LogP contribution in [-0.4, -0.2) is 107 Å². The molecule has 2 aliphatic rings. The van der Waals surface area contributed by atoms with E-state index in [1.165, 1.54) is 31.2 Å². The van der Waals surface area contributed by atoms with Crippen LogP contribution >= 0.6 is 0 Å². The molecular weight excluding hydrogens is 548 g/mol. The summed E-state index contributed by atoms with van der Waals surface area (Å²) in [6.45, 7) is 0.552. The quantitative estimate of drug-likeness (QED) is 0.172. The largest absolute Gasteiger partial charge is 0.508 e. The molecule has 14 nitrogen and oxygen atoms in total. The molecule has 2 aliphatic heterocycles. The van der Waals surface area contributed by atoms with Gasteiger partial charge in [-0.25, -0.2) is 0 Å². The summed E-state index contributed by atoms with van der Waals surface area (Å²) in [6.07, 6.45) is -16.9. The SMILES string of the molecule is C[C@@H]1O[C@H](c2c(O)c([C@@H]3O[C@H](CO)[C@@H](O)[C@H](O)[C@H]3O)c(O)c3c(=O)cc(-c4ccc(O)cc4)oc23)[C@H](O)[C@H](O)[C@H]1O. The van der Waals surface area contributed by atoms with E-state index >= 15 is 0 Å². The van der Waals surface area contributed by atoms with Crippen molar-refractivity contribution >= 4 is 11.0 Å². The molecule has 2 fully saturated rings. The van der Waals surface area contributed by atoms with E-state index in [1.54, 1.807) is 0 Å². The third-order valence-corrected chi connectivity index (χ3v) is 7.66. The van der Waals surface area contributed by atoms with Crippen molar-refractivity contribution in [3.05, 3.63) is 51.7 Å². The highest BCUT2D eigenvalue weighted by molar-refractivity contribution is 5.92. The predicted molar refractivity (Wildman–Crippen MR) is 137 cm³/mol. The van der Waals surface area contributed by atoms with Gasteiger partial charge in [-0.05, 0) is 31.2 Å². The lowest BCUT2D eigenvalue weighted by Crippen LogP contribution is -2.55. The summed E-state index contributed by atoms with van der Waals surface area (Å²) in [5.41, 5.74) is -2.16. The Bertz CT molecular complexity index is 1480. The third kappa shape index (κ3) is 4.72. The third-order valence-electron chi connectivity index (χ3n) is 7.66. The zero-order valence-electron chi connectivity index (χ0n) is 21.5. The van der Waals surface area contributed by atoms with Crippen molar-refractivity contribution in [2.75, 3.05) is 6.61 Å². The minimum absolute atomic E-state index is 0.0719. The van der Waals surface area contributed by atoms with E-state index in [1.807, 2.05) is 0 Å². The predicted octanol–water partition coefficient (Wildman–Crippen LogP) is -1.37. The lowest BCUT2D eigenvalue weighted by atomic mass is 9.85. The molecule has 3 heterocycles. The van der Waals surface area contributed by atoms with Crippen molar-refractivity contribution in [1.82, 2.24) is 0 Å². The average molecular weight is 579 g/mol. The monoisotopic (exact) mass is 578 g/mol. The number of phenolic OH excluding ortho intramolecular Hbond substituents is 3. The Morgan fingerprint density at radius 3 is 1.93 bits per heavy atom. The van der Waals surface area contributed by atoms with Crippen LogP contribution in [0.2, 0.25) is 0 Å². The first-order valence-corrected chi connectivity index (χ1v) is 12.7.